The SMILES string of the molecule is O=c1[nH]c(Cc2ccc(Cl)cc2)nc2c1CCN(Cc1ccccc1)CC2. The standard InChI is InChI=1S/C22H22ClN3O/c23-18-8-6-16(7-9-18)14-21-24-20-11-13-26(12-10-19(20)22(27)25-21)15-17-4-2-1-3-5-17/h1-9H,10-15H2,(H,24,25,27). The minimum atomic E-state index is 0.00512. The van der Waals surface area contributed by atoms with Crippen LogP contribution in [0.2, 0.25) is 5.02 Å². The third-order valence-corrected chi connectivity index (χ3v) is 5.28. The first-order chi connectivity index (χ1) is 13.2. The van der Waals surface area contributed by atoms with Gasteiger partial charge in [-0.15, -0.1) is 0 Å². The molecule has 1 aromatic heterocycles. The molecule has 27 heavy (non-hydrogen) atoms. The third-order valence-electron chi connectivity index (χ3n) is 5.03. The van der Waals surface area contributed by atoms with Gasteiger partial charge in [-0.25, -0.2) is 4.98 Å². The average molecular weight is 380 g/mol. The van der Waals surface area contributed by atoms with Crippen molar-refractivity contribution in [1.82, 2.24) is 14.9 Å². The van der Waals surface area contributed by atoms with Gasteiger partial charge in [-0.3, -0.25) is 9.69 Å². The van der Waals surface area contributed by atoms with E-state index in [0.29, 0.717) is 11.4 Å². The third kappa shape index (κ3) is 4.46. The molecule has 0 bridgehead atoms. The van der Waals surface area contributed by atoms with Crippen LogP contribution in [0.5, 0.6) is 0 Å². The number of benzene rings is 2. The molecule has 0 atom stereocenters. The van der Waals surface area contributed by atoms with Gasteiger partial charge in [0.15, 0.2) is 0 Å². The van der Waals surface area contributed by atoms with Crippen LogP contribution in [0.1, 0.15) is 28.2 Å². The fraction of sp³-hybridized carbons (Fsp3) is 0.273. The number of fused-ring (bicyclic) bond motifs is 1. The van der Waals surface area contributed by atoms with Crippen LogP contribution in [0.3, 0.4) is 0 Å². The zero-order chi connectivity index (χ0) is 18.6. The van der Waals surface area contributed by atoms with E-state index in [1.807, 2.05) is 30.3 Å². The number of halogens is 1. The minimum absolute atomic E-state index is 0.00512. The molecule has 0 amide bonds. The summed E-state index contributed by atoms with van der Waals surface area (Å²) in [6, 6.07) is 18.1. The number of hydrogen-bond donors (Lipinski definition) is 1. The van der Waals surface area contributed by atoms with Crippen molar-refractivity contribution < 1.29 is 0 Å². The molecule has 1 aliphatic rings. The molecule has 5 heteroatoms. The van der Waals surface area contributed by atoms with Crippen LogP contribution in [-0.2, 0) is 25.8 Å². The van der Waals surface area contributed by atoms with E-state index in [-0.39, 0.29) is 5.56 Å². The van der Waals surface area contributed by atoms with Crippen LogP contribution in [0.15, 0.2) is 59.4 Å². The fourth-order valence-corrected chi connectivity index (χ4v) is 3.71. The Morgan fingerprint density at radius 3 is 2.48 bits per heavy atom. The predicted molar refractivity (Wildman–Crippen MR) is 108 cm³/mol. The molecule has 4 nitrogen and oxygen atoms in total. The van der Waals surface area contributed by atoms with Crippen molar-refractivity contribution in [2.75, 3.05) is 13.1 Å². The summed E-state index contributed by atoms with van der Waals surface area (Å²) in [5.41, 5.74) is 4.17. The Labute approximate surface area is 163 Å². The van der Waals surface area contributed by atoms with Gasteiger partial charge < -0.3 is 4.98 Å². The summed E-state index contributed by atoms with van der Waals surface area (Å²) in [6.07, 6.45) is 2.15. The van der Waals surface area contributed by atoms with Crippen molar-refractivity contribution in [2.24, 2.45) is 0 Å². The highest BCUT2D eigenvalue weighted by Gasteiger charge is 2.18. The van der Waals surface area contributed by atoms with Crippen molar-refractivity contribution >= 4 is 11.6 Å². The van der Waals surface area contributed by atoms with Gasteiger partial charge in [0.25, 0.3) is 5.56 Å². The molecule has 0 aliphatic carbocycles. The highest BCUT2D eigenvalue weighted by Crippen LogP contribution is 2.15. The molecule has 2 aromatic carbocycles. The van der Waals surface area contributed by atoms with E-state index in [0.717, 1.165) is 55.1 Å². The Hall–Kier alpha value is -2.43. The van der Waals surface area contributed by atoms with Crippen molar-refractivity contribution in [2.45, 2.75) is 25.8 Å². The zero-order valence-electron chi connectivity index (χ0n) is 15.1. The largest absolute Gasteiger partial charge is 0.310 e. The number of aromatic nitrogens is 2. The maximum Gasteiger partial charge on any atom is 0.254 e. The molecule has 0 spiro atoms. The highest BCUT2D eigenvalue weighted by molar-refractivity contribution is 6.30. The number of nitrogens with one attached hydrogen (secondary N) is 1. The molecule has 0 unspecified atom stereocenters. The molecule has 2 heterocycles. The molecule has 0 fully saturated rings. The van der Waals surface area contributed by atoms with Crippen molar-refractivity contribution in [3.8, 4) is 0 Å². The second-order valence-corrected chi connectivity index (χ2v) is 7.44. The van der Waals surface area contributed by atoms with E-state index in [4.69, 9.17) is 16.6 Å². The van der Waals surface area contributed by atoms with Crippen LogP contribution >= 0.6 is 11.6 Å². The molecule has 1 aliphatic heterocycles. The van der Waals surface area contributed by atoms with Crippen LogP contribution in [0.25, 0.3) is 0 Å². The van der Waals surface area contributed by atoms with Gasteiger partial charge in [-0.1, -0.05) is 54.1 Å². The van der Waals surface area contributed by atoms with Gasteiger partial charge in [-0.05, 0) is 29.7 Å². The molecular weight excluding hydrogens is 358 g/mol. The maximum absolute atomic E-state index is 12.6. The van der Waals surface area contributed by atoms with Crippen molar-refractivity contribution in [3.63, 3.8) is 0 Å². The molecule has 1 N–H and O–H groups in total. The molecular formula is C22H22ClN3O. The zero-order valence-corrected chi connectivity index (χ0v) is 15.9. The monoisotopic (exact) mass is 379 g/mol. The predicted octanol–water partition coefficient (Wildman–Crippen LogP) is 3.61. The lowest BCUT2D eigenvalue weighted by Gasteiger charge is -2.19. The van der Waals surface area contributed by atoms with E-state index >= 15 is 0 Å². The van der Waals surface area contributed by atoms with Crippen LogP contribution in [0.4, 0.5) is 0 Å². The highest BCUT2D eigenvalue weighted by atomic mass is 35.5. The Bertz CT molecular complexity index is 967. The Morgan fingerprint density at radius 1 is 0.963 bits per heavy atom. The van der Waals surface area contributed by atoms with Crippen LogP contribution in [0, 0.1) is 0 Å². The lowest BCUT2D eigenvalue weighted by atomic mass is 10.1. The number of aromatic amines is 1. The molecule has 0 radical (unpaired) electrons. The first-order valence-electron chi connectivity index (χ1n) is 9.29. The normalized spacial score (nSPS) is 14.6. The van der Waals surface area contributed by atoms with Crippen LogP contribution in [-0.4, -0.2) is 28.0 Å². The van der Waals surface area contributed by atoms with Gasteiger partial charge in [0, 0.05) is 43.1 Å². The summed E-state index contributed by atoms with van der Waals surface area (Å²) in [5, 5.41) is 0.709. The summed E-state index contributed by atoms with van der Waals surface area (Å²) in [5.74, 6) is 0.720. The molecule has 138 valence electrons. The van der Waals surface area contributed by atoms with E-state index in [1.54, 1.807) is 0 Å². The second kappa shape index (κ2) is 8.07. The number of hydrogen-bond acceptors (Lipinski definition) is 3. The molecule has 0 saturated carbocycles. The number of H-pyrrole nitrogens is 1. The summed E-state index contributed by atoms with van der Waals surface area (Å²) < 4.78 is 0. The van der Waals surface area contributed by atoms with E-state index in [2.05, 4.69) is 34.1 Å². The molecule has 3 aromatic rings. The van der Waals surface area contributed by atoms with Crippen LogP contribution < -0.4 is 5.56 Å². The topological polar surface area (TPSA) is 49.0 Å². The van der Waals surface area contributed by atoms with Gasteiger partial charge in [0.1, 0.15) is 5.82 Å². The summed E-state index contributed by atoms with van der Waals surface area (Å²) in [6.45, 7) is 2.70. The second-order valence-electron chi connectivity index (χ2n) is 7.00. The van der Waals surface area contributed by atoms with E-state index in [9.17, 15) is 4.79 Å². The first kappa shape index (κ1) is 18.0. The van der Waals surface area contributed by atoms with Gasteiger partial charge in [-0.2, -0.15) is 0 Å². The molecule has 0 saturated heterocycles. The lowest BCUT2D eigenvalue weighted by Crippen LogP contribution is -2.26. The number of nitrogens with zero attached hydrogens (tertiary/aromatic N) is 2. The first-order valence-corrected chi connectivity index (χ1v) is 9.67. The lowest BCUT2D eigenvalue weighted by molar-refractivity contribution is 0.279. The Kier molecular flexibility index (Phi) is 5.37. The fourth-order valence-electron chi connectivity index (χ4n) is 3.59. The van der Waals surface area contributed by atoms with Gasteiger partial charge >= 0.3 is 0 Å². The molecule has 4 rings (SSSR count). The van der Waals surface area contributed by atoms with Crippen molar-refractivity contribution in [3.05, 3.63) is 98.2 Å². The summed E-state index contributed by atoms with van der Waals surface area (Å²) in [4.78, 5) is 22.8. The van der Waals surface area contributed by atoms with Gasteiger partial charge in [0.05, 0.1) is 5.69 Å². The van der Waals surface area contributed by atoms with E-state index in [1.165, 1.54) is 5.56 Å². The smallest absolute Gasteiger partial charge is 0.254 e. The Balaban J connectivity index is 1.50. The Morgan fingerprint density at radius 2 is 1.70 bits per heavy atom. The van der Waals surface area contributed by atoms with Crippen molar-refractivity contribution in [1.29, 1.82) is 0 Å². The minimum Gasteiger partial charge on any atom is -0.310 e. The summed E-state index contributed by atoms with van der Waals surface area (Å²) in [7, 11) is 0. The maximum atomic E-state index is 12.6. The van der Waals surface area contributed by atoms with Gasteiger partial charge in [0.2, 0.25) is 0 Å². The number of rotatable bonds is 4. The van der Waals surface area contributed by atoms with E-state index < -0.39 is 0 Å². The quantitative estimate of drug-likeness (QED) is 0.753. The average Bonchev–Trinajstić information content (AvgIpc) is 2.87. The summed E-state index contributed by atoms with van der Waals surface area (Å²) >= 11 is 5.95.